The molecule has 1 unspecified atom stereocenters. The Labute approximate surface area is 96.7 Å². The molecule has 1 aromatic rings. The Morgan fingerprint density at radius 2 is 2.20 bits per heavy atom. The van der Waals surface area contributed by atoms with Gasteiger partial charge in [0, 0.05) is 30.2 Å². The number of hydrogen-bond acceptors (Lipinski definition) is 3. The summed E-state index contributed by atoms with van der Waals surface area (Å²) in [7, 11) is 0. The monoisotopic (exact) mass is 227 g/mol. The zero-order valence-corrected chi connectivity index (χ0v) is 10.8. The van der Waals surface area contributed by atoms with Crippen LogP contribution in [0.15, 0.2) is 12.4 Å². The summed E-state index contributed by atoms with van der Waals surface area (Å²) in [5.74, 6) is 0.985. The molecule has 86 valence electrons. The van der Waals surface area contributed by atoms with Crippen LogP contribution in [0.1, 0.15) is 33.2 Å². The lowest BCUT2D eigenvalue weighted by Crippen LogP contribution is -2.12. The Kier molecular flexibility index (Phi) is 5.02. The van der Waals surface area contributed by atoms with Crippen molar-refractivity contribution in [2.24, 2.45) is 0 Å². The van der Waals surface area contributed by atoms with Gasteiger partial charge in [0.2, 0.25) is 5.95 Å². The number of nitrogens with one attached hydrogen (secondary N) is 1. The molecule has 0 amide bonds. The zero-order valence-electron chi connectivity index (χ0n) is 10.0. The van der Waals surface area contributed by atoms with Gasteiger partial charge in [0.15, 0.2) is 0 Å². The van der Waals surface area contributed by atoms with Gasteiger partial charge >= 0.3 is 0 Å². The van der Waals surface area contributed by atoms with Crippen LogP contribution in [-0.2, 0) is 0 Å². The van der Waals surface area contributed by atoms with Crippen molar-refractivity contribution in [3.8, 4) is 0 Å². The zero-order chi connectivity index (χ0) is 11.3. The van der Waals surface area contributed by atoms with E-state index in [1.165, 1.54) is 6.42 Å². The van der Waals surface area contributed by atoms with Crippen molar-refractivity contribution < 1.29 is 0 Å². The maximum Gasteiger partial charge on any atom is 0.203 e. The number of rotatable bonds is 6. The first-order valence-electron chi connectivity index (χ1n) is 5.44. The quantitative estimate of drug-likeness (QED) is 0.810. The van der Waals surface area contributed by atoms with E-state index in [0.29, 0.717) is 11.3 Å². The smallest absolute Gasteiger partial charge is 0.203 e. The lowest BCUT2D eigenvalue weighted by Gasteiger charge is -2.13. The molecule has 0 aliphatic carbocycles. The van der Waals surface area contributed by atoms with Gasteiger partial charge < -0.3 is 9.88 Å². The van der Waals surface area contributed by atoms with Crippen molar-refractivity contribution in [3.05, 3.63) is 12.4 Å². The van der Waals surface area contributed by atoms with Crippen molar-refractivity contribution in [3.63, 3.8) is 0 Å². The SMILES string of the molecule is CSC(C)CCNc1nccn1C(C)C. The fourth-order valence-electron chi connectivity index (χ4n) is 1.37. The largest absolute Gasteiger partial charge is 0.356 e. The molecule has 1 aromatic heterocycles. The third-order valence-corrected chi connectivity index (χ3v) is 3.50. The molecule has 3 nitrogen and oxygen atoms in total. The van der Waals surface area contributed by atoms with Gasteiger partial charge in [-0.05, 0) is 26.5 Å². The van der Waals surface area contributed by atoms with Gasteiger partial charge in [0.1, 0.15) is 0 Å². The lowest BCUT2D eigenvalue weighted by atomic mass is 10.3. The summed E-state index contributed by atoms with van der Waals surface area (Å²) in [6.45, 7) is 7.57. The van der Waals surface area contributed by atoms with E-state index in [1.54, 1.807) is 0 Å². The van der Waals surface area contributed by atoms with Crippen molar-refractivity contribution in [2.75, 3.05) is 18.1 Å². The number of hydrogen-bond donors (Lipinski definition) is 1. The summed E-state index contributed by atoms with van der Waals surface area (Å²) in [5.41, 5.74) is 0. The number of imidazole rings is 1. The highest BCUT2D eigenvalue weighted by molar-refractivity contribution is 7.99. The normalized spacial score (nSPS) is 13.1. The van der Waals surface area contributed by atoms with Crippen LogP contribution in [-0.4, -0.2) is 27.6 Å². The number of nitrogens with zero attached hydrogens (tertiary/aromatic N) is 2. The molecule has 0 aliphatic rings. The molecule has 1 atom stereocenters. The highest BCUT2D eigenvalue weighted by Gasteiger charge is 2.05. The van der Waals surface area contributed by atoms with Crippen LogP contribution in [0.3, 0.4) is 0 Å². The summed E-state index contributed by atoms with van der Waals surface area (Å²) in [6, 6.07) is 0.466. The van der Waals surface area contributed by atoms with E-state index < -0.39 is 0 Å². The minimum Gasteiger partial charge on any atom is -0.356 e. The maximum absolute atomic E-state index is 4.31. The molecule has 0 bridgehead atoms. The highest BCUT2D eigenvalue weighted by atomic mass is 32.2. The van der Waals surface area contributed by atoms with Gasteiger partial charge in [-0.25, -0.2) is 4.98 Å². The Bertz CT molecular complexity index is 283. The highest BCUT2D eigenvalue weighted by Crippen LogP contribution is 2.14. The van der Waals surface area contributed by atoms with Crippen LogP contribution in [0, 0.1) is 0 Å². The molecule has 0 aromatic carbocycles. The fraction of sp³-hybridized carbons (Fsp3) is 0.727. The van der Waals surface area contributed by atoms with E-state index in [2.05, 4.69) is 41.9 Å². The second kappa shape index (κ2) is 6.05. The first-order valence-corrected chi connectivity index (χ1v) is 6.73. The second-order valence-corrected chi connectivity index (χ2v) is 5.29. The van der Waals surface area contributed by atoms with Gasteiger partial charge in [0.05, 0.1) is 0 Å². The summed E-state index contributed by atoms with van der Waals surface area (Å²) in [5, 5.41) is 4.09. The molecule has 1 rings (SSSR count). The topological polar surface area (TPSA) is 29.9 Å². The van der Waals surface area contributed by atoms with Crippen LogP contribution >= 0.6 is 11.8 Å². The minimum absolute atomic E-state index is 0.466. The number of aromatic nitrogens is 2. The number of thioether (sulfide) groups is 1. The standard InChI is InChI=1S/C11H21N3S/c1-9(2)14-8-7-13-11(14)12-6-5-10(3)15-4/h7-10H,5-6H2,1-4H3,(H,12,13). The van der Waals surface area contributed by atoms with Gasteiger partial charge in [-0.15, -0.1) is 0 Å². The van der Waals surface area contributed by atoms with Gasteiger partial charge in [-0.2, -0.15) is 11.8 Å². The molecule has 0 fully saturated rings. The fourth-order valence-corrected chi connectivity index (χ4v) is 1.73. The number of anilines is 1. The summed E-state index contributed by atoms with van der Waals surface area (Å²) < 4.78 is 2.16. The predicted molar refractivity (Wildman–Crippen MR) is 68.7 cm³/mol. The Balaban J connectivity index is 2.40. The maximum atomic E-state index is 4.31. The molecule has 1 heterocycles. The van der Waals surface area contributed by atoms with Crippen LogP contribution in [0.4, 0.5) is 5.95 Å². The van der Waals surface area contributed by atoms with E-state index in [1.807, 2.05) is 24.2 Å². The van der Waals surface area contributed by atoms with Gasteiger partial charge in [0.25, 0.3) is 0 Å². The van der Waals surface area contributed by atoms with Gasteiger partial charge in [-0.3, -0.25) is 0 Å². The molecule has 0 saturated carbocycles. The molecular formula is C11H21N3S. The molecular weight excluding hydrogens is 206 g/mol. The molecule has 1 N–H and O–H groups in total. The molecule has 4 heteroatoms. The van der Waals surface area contributed by atoms with Crippen molar-refractivity contribution >= 4 is 17.7 Å². The minimum atomic E-state index is 0.466. The van der Waals surface area contributed by atoms with Crippen LogP contribution in [0.25, 0.3) is 0 Å². The van der Waals surface area contributed by atoms with Gasteiger partial charge in [-0.1, -0.05) is 6.92 Å². The third kappa shape index (κ3) is 3.78. The average Bonchev–Trinajstić information content (AvgIpc) is 2.65. The summed E-state index contributed by atoms with van der Waals surface area (Å²) in [4.78, 5) is 4.31. The molecule has 0 radical (unpaired) electrons. The summed E-state index contributed by atoms with van der Waals surface area (Å²) in [6.07, 6.45) is 7.19. The van der Waals surface area contributed by atoms with Crippen molar-refractivity contribution in [2.45, 2.75) is 38.5 Å². The van der Waals surface area contributed by atoms with Crippen LogP contribution in [0.5, 0.6) is 0 Å². The Morgan fingerprint density at radius 3 is 2.80 bits per heavy atom. The van der Waals surface area contributed by atoms with E-state index in [-0.39, 0.29) is 0 Å². The first-order chi connectivity index (χ1) is 7.15. The van der Waals surface area contributed by atoms with Crippen LogP contribution in [0.2, 0.25) is 0 Å². The van der Waals surface area contributed by atoms with E-state index in [0.717, 1.165) is 12.5 Å². The Morgan fingerprint density at radius 1 is 1.47 bits per heavy atom. The van der Waals surface area contributed by atoms with E-state index in [4.69, 9.17) is 0 Å². The third-order valence-electron chi connectivity index (χ3n) is 2.46. The first kappa shape index (κ1) is 12.4. The van der Waals surface area contributed by atoms with Crippen LogP contribution < -0.4 is 5.32 Å². The van der Waals surface area contributed by atoms with Crippen molar-refractivity contribution in [1.29, 1.82) is 0 Å². The molecule has 0 spiro atoms. The molecule has 0 saturated heterocycles. The second-order valence-electron chi connectivity index (χ2n) is 4.01. The predicted octanol–water partition coefficient (Wildman–Crippen LogP) is 3.02. The molecule has 15 heavy (non-hydrogen) atoms. The van der Waals surface area contributed by atoms with Crippen molar-refractivity contribution in [1.82, 2.24) is 9.55 Å². The average molecular weight is 227 g/mol. The summed E-state index contributed by atoms with van der Waals surface area (Å²) >= 11 is 1.91. The lowest BCUT2D eigenvalue weighted by molar-refractivity contribution is 0.604. The Hall–Kier alpha value is -0.640. The van der Waals surface area contributed by atoms with E-state index >= 15 is 0 Å². The van der Waals surface area contributed by atoms with E-state index in [9.17, 15) is 0 Å². The molecule has 0 aliphatic heterocycles.